The molecule has 0 aromatic heterocycles. The fourth-order valence-corrected chi connectivity index (χ4v) is 7.48. The number of allylic oxidation sites excluding steroid dienone is 4. The van der Waals surface area contributed by atoms with E-state index in [1.165, 1.54) is 5.57 Å². The van der Waals surface area contributed by atoms with E-state index in [2.05, 4.69) is 51.9 Å². The molecule has 0 saturated carbocycles. The summed E-state index contributed by atoms with van der Waals surface area (Å²) in [7, 11) is 0. The predicted octanol–water partition coefficient (Wildman–Crippen LogP) is 5.64. The summed E-state index contributed by atoms with van der Waals surface area (Å²) in [5.74, 6) is -1.31. The Bertz CT molecular complexity index is 1170. The molecular weight excluding hydrogens is 522 g/mol. The molecule has 8 heteroatoms. The van der Waals surface area contributed by atoms with Crippen LogP contribution in [0.4, 0.5) is 0 Å². The Kier molecular flexibility index (Phi) is 8.68. The highest BCUT2D eigenvalue weighted by Gasteiger charge is 2.59. The minimum absolute atomic E-state index is 0.0616. The molecule has 5 aliphatic rings. The molecule has 0 amide bonds. The first-order chi connectivity index (χ1) is 19.5. The third kappa shape index (κ3) is 5.85. The van der Waals surface area contributed by atoms with Gasteiger partial charge in [-0.05, 0) is 62.0 Å². The van der Waals surface area contributed by atoms with Crippen LogP contribution in [0.25, 0.3) is 0 Å². The molecule has 0 aromatic carbocycles. The first-order valence-corrected chi connectivity index (χ1v) is 15.3. The summed E-state index contributed by atoms with van der Waals surface area (Å²) >= 11 is 0. The summed E-state index contributed by atoms with van der Waals surface area (Å²) < 4.78 is 25.7. The molecule has 1 spiro atoms. The molecule has 3 saturated heterocycles. The molecule has 0 unspecified atom stereocenters. The number of ether oxygens (including phenoxy) is 4. The number of carbonyl (C=O) groups is 1. The number of carbonyl (C=O) groups excluding carboxylic acids is 1. The van der Waals surface area contributed by atoms with Crippen LogP contribution in [0.3, 0.4) is 0 Å². The Morgan fingerprint density at radius 2 is 1.93 bits per heavy atom. The van der Waals surface area contributed by atoms with Gasteiger partial charge in [0, 0.05) is 19.3 Å². The monoisotopic (exact) mass is 569 g/mol. The van der Waals surface area contributed by atoms with Crippen molar-refractivity contribution in [1.29, 1.82) is 0 Å². The van der Waals surface area contributed by atoms with Gasteiger partial charge in [-0.1, -0.05) is 68.8 Å². The number of nitrogens with zero attached hydrogens (tertiary/aromatic N) is 1. The number of hydrogen-bond acceptors (Lipinski definition) is 8. The zero-order valence-electron chi connectivity index (χ0n) is 25.3. The molecular formula is C33H47NO7. The lowest BCUT2D eigenvalue weighted by Gasteiger charge is -2.50. The highest BCUT2D eigenvalue weighted by atomic mass is 16.7. The summed E-state index contributed by atoms with van der Waals surface area (Å²) in [5, 5.41) is 25.4. The Morgan fingerprint density at radius 3 is 2.66 bits per heavy atom. The molecule has 2 bridgehead atoms. The molecule has 1 aliphatic carbocycles. The van der Waals surface area contributed by atoms with E-state index in [0.29, 0.717) is 42.2 Å². The SMILES string of the molecule is CC1=C[C@H]2C(=O)O[C@H]3C[C@@H](C/C=C(\C)C[C@@H](C)/C=C/C=C4\CO[C@H](C1=NO)[C@@]42O)O[C@@]1(CC[C@H](C)[C@@H](C(C)C)O1)C3. The molecule has 41 heavy (non-hydrogen) atoms. The highest BCUT2D eigenvalue weighted by Crippen LogP contribution is 2.47. The van der Waals surface area contributed by atoms with Gasteiger partial charge in [-0.15, -0.1) is 0 Å². The summed E-state index contributed by atoms with van der Waals surface area (Å²) in [6.07, 6.45) is 12.6. The van der Waals surface area contributed by atoms with Crippen LogP contribution in [0.2, 0.25) is 0 Å². The van der Waals surface area contributed by atoms with Crippen molar-refractivity contribution in [1.82, 2.24) is 0 Å². The molecule has 0 radical (unpaired) electrons. The van der Waals surface area contributed by atoms with Crippen molar-refractivity contribution >= 4 is 11.7 Å². The van der Waals surface area contributed by atoms with Crippen LogP contribution in [0, 0.1) is 23.7 Å². The van der Waals surface area contributed by atoms with Crippen LogP contribution >= 0.6 is 0 Å². The van der Waals surface area contributed by atoms with Crippen molar-refractivity contribution in [2.45, 2.75) is 116 Å². The Hall–Kier alpha value is -2.26. The van der Waals surface area contributed by atoms with Gasteiger partial charge in [-0.25, -0.2) is 0 Å². The fourth-order valence-electron chi connectivity index (χ4n) is 7.48. The first-order valence-electron chi connectivity index (χ1n) is 15.3. The molecule has 8 nitrogen and oxygen atoms in total. The van der Waals surface area contributed by atoms with Gasteiger partial charge in [0.2, 0.25) is 0 Å². The zero-order valence-corrected chi connectivity index (χ0v) is 25.3. The predicted molar refractivity (Wildman–Crippen MR) is 155 cm³/mol. The first kappa shape index (κ1) is 30.2. The van der Waals surface area contributed by atoms with Crippen molar-refractivity contribution in [3.8, 4) is 0 Å². The Morgan fingerprint density at radius 1 is 1.15 bits per heavy atom. The van der Waals surface area contributed by atoms with Gasteiger partial charge in [-0.3, -0.25) is 4.79 Å². The zero-order chi connectivity index (χ0) is 29.5. The lowest BCUT2D eigenvalue weighted by Crippen LogP contribution is -2.57. The minimum Gasteiger partial charge on any atom is -0.462 e. The van der Waals surface area contributed by atoms with E-state index < -0.39 is 35.5 Å². The van der Waals surface area contributed by atoms with Gasteiger partial charge in [0.05, 0.1) is 18.8 Å². The maximum Gasteiger partial charge on any atom is 0.316 e. The standard InChI is InChI=1S/C33H47NO7/c1-19(2)29-22(5)12-13-32(41-29)17-26-16-25(40-32)11-10-21(4)14-20(3)8-7-9-24-18-38-30-28(34-37)23(6)15-27(31(35)39-26)33(24,30)36/h7-10,15,19-20,22,25-27,29-30,36-37H,11-14,16-18H2,1-6H3/b8-7+,21-10+,24-9+,34-28?/t20-,22-,25+,26-,27-,29+,30+,32+,33+/m0/s1. The molecule has 2 N–H and O–H groups in total. The quantitative estimate of drug-likeness (QED) is 0.182. The number of rotatable bonds is 1. The normalized spacial score (nSPS) is 46.2. The van der Waals surface area contributed by atoms with E-state index in [-0.39, 0.29) is 30.4 Å². The topological polar surface area (TPSA) is 107 Å². The van der Waals surface area contributed by atoms with Crippen LogP contribution < -0.4 is 0 Å². The minimum atomic E-state index is -1.72. The van der Waals surface area contributed by atoms with E-state index in [1.807, 2.05) is 12.2 Å². The average Bonchev–Trinajstić information content (AvgIpc) is 3.24. The molecule has 4 aliphatic heterocycles. The van der Waals surface area contributed by atoms with E-state index in [4.69, 9.17) is 18.9 Å². The van der Waals surface area contributed by atoms with Crippen molar-refractivity contribution in [2.75, 3.05) is 6.61 Å². The molecule has 3 fully saturated rings. The van der Waals surface area contributed by atoms with Crippen LogP contribution in [0.15, 0.2) is 52.3 Å². The van der Waals surface area contributed by atoms with Crippen molar-refractivity contribution < 1.29 is 34.1 Å². The summed E-state index contributed by atoms with van der Waals surface area (Å²) in [6.45, 7) is 12.8. The average molecular weight is 570 g/mol. The Labute approximate surface area is 244 Å². The lowest BCUT2D eigenvalue weighted by molar-refractivity contribution is -0.340. The van der Waals surface area contributed by atoms with Crippen LogP contribution in [0.5, 0.6) is 0 Å². The molecule has 5 rings (SSSR count). The van der Waals surface area contributed by atoms with Crippen molar-refractivity contribution in [3.63, 3.8) is 0 Å². The van der Waals surface area contributed by atoms with E-state index in [9.17, 15) is 15.1 Å². The summed E-state index contributed by atoms with van der Waals surface area (Å²) in [5.41, 5.74) is 0.914. The van der Waals surface area contributed by atoms with Gasteiger partial charge in [-0.2, -0.15) is 0 Å². The van der Waals surface area contributed by atoms with Gasteiger partial charge in [0.15, 0.2) is 5.79 Å². The van der Waals surface area contributed by atoms with Crippen molar-refractivity contribution in [2.24, 2.45) is 28.8 Å². The third-order valence-electron chi connectivity index (χ3n) is 9.61. The van der Waals surface area contributed by atoms with E-state index >= 15 is 0 Å². The maximum absolute atomic E-state index is 14.0. The molecule has 0 aromatic rings. The number of aliphatic hydroxyl groups is 1. The fraction of sp³-hybridized carbons (Fsp3) is 0.697. The van der Waals surface area contributed by atoms with Gasteiger partial charge in [0.25, 0.3) is 0 Å². The highest BCUT2D eigenvalue weighted by molar-refractivity contribution is 6.06. The number of esters is 1. The lowest BCUT2D eigenvalue weighted by atomic mass is 9.71. The molecule has 4 heterocycles. The van der Waals surface area contributed by atoms with Gasteiger partial charge in [0.1, 0.15) is 29.4 Å². The van der Waals surface area contributed by atoms with Crippen molar-refractivity contribution in [3.05, 3.63) is 47.1 Å². The van der Waals surface area contributed by atoms with Gasteiger partial charge >= 0.3 is 5.97 Å². The summed E-state index contributed by atoms with van der Waals surface area (Å²) in [6, 6.07) is 0. The molecule has 226 valence electrons. The second kappa shape index (κ2) is 11.8. The van der Waals surface area contributed by atoms with E-state index in [1.54, 1.807) is 13.0 Å². The second-order valence-electron chi connectivity index (χ2n) is 13.4. The third-order valence-corrected chi connectivity index (χ3v) is 9.61. The Balaban J connectivity index is 1.53. The van der Waals surface area contributed by atoms with Crippen LogP contribution in [-0.2, 0) is 23.7 Å². The number of fused-ring (bicyclic) bond motifs is 2. The largest absolute Gasteiger partial charge is 0.462 e. The summed E-state index contributed by atoms with van der Waals surface area (Å²) in [4.78, 5) is 14.0. The second-order valence-corrected chi connectivity index (χ2v) is 13.4. The van der Waals surface area contributed by atoms with E-state index in [0.717, 1.165) is 19.3 Å². The van der Waals surface area contributed by atoms with Gasteiger partial charge < -0.3 is 29.3 Å². The maximum atomic E-state index is 14.0. The number of hydrogen-bond donors (Lipinski definition) is 2. The smallest absolute Gasteiger partial charge is 0.316 e. The van der Waals surface area contributed by atoms with Crippen LogP contribution in [0.1, 0.15) is 80.1 Å². The number of oxime groups is 1. The molecule has 9 atom stereocenters. The van der Waals surface area contributed by atoms with Crippen LogP contribution in [-0.4, -0.2) is 64.4 Å².